The molecule has 1 aliphatic heterocycles. The van der Waals surface area contributed by atoms with Crippen LogP contribution in [0.3, 0.4) is 0 Å². The predicted octanol–water partition coefficient (Wildman–Crippen LogP) is 6.55. The second-order valence-electron chi connectivity index (χ2n) is 12.0. The van der Waals surface area contributed by atoms with Crippen molar-refractivity contribution in [2.24, 2.45) is 13.0 Å². The minimum absolute atomic E-state index is 0.0562. The van der Waals surface area contributed by atoms with Gasteiger partial charge in [0.05, 0.1) is 29.3 Å². The lowest BCUT2D eigenvalue weighted by molar-refractivity contribution is -0.144. The summed E-state index contributed by atoms with van der Waals surface area (Å²) in [5.74, 6) is -1.32. The minimum Gasteiger partial charge on any atom is -0.481 e. The number of halogens is 6. The monoisotopic (exact) mass is 668 g/mol. The Balaban J connectivity index is 1.44. The summed E-state index contributed by atoms with van der Waals surface area (Å²) in [7, 11) is 1.73. The Labute approximate surface area is 266 Å². The Morgan fingerprint density at radius 3 is 2.09 bits per heavy atom. The van der Waals surface area contributed by atoms with E-state index < -0.39 is 60.2 Å². The van der Waals surface area contributed by atoms with Crippen LogP contribution in [0.2, 0.25) is 0 Å². The van der Waals surface area contributed by atoms with Gasteiger partial charge in [-0.3, -0.25) is 9.48 Å². The molecule has 2 atom stereocenters. The van der Waals surface area contributed by atoms with Crippen LogP contribution in [0, 0.1) is 5.92 Å². The van der Waals surface area contributed by atoms with E-state index in [9.17, 15) is 41.0 Å². The van der Waals surface area contributed by atoms with E-state index in [-0.39, 0.29) is 30.2 Å². The summed E-state index contributed by atoms with van der Waals surface area (Å²) in [6.07, 6.45) is -2.40. The topological polar surface area (TPSA) is 114 Å². The fourth-order valence-electron chi connectivity index (χ4n) is 6.23. The van der Waals surface area contributed by atoms with Crippen LogP contribution in [0.25, 0.3) is 11.1 Å². The van der Waals surface area contributed by atoms with Crippen molar-refractivity contribution in [2.75, 3.05) is 11.4 Å². The number of ether oxygens (including phenoxy) is 1. The molecule has 3 aromatic rings. The summed E-state index contributed by atoms with van der Waals surface area (Å²) in [4.78, 5) is 36.6. The van der Waals surface area contributed by atoms with E-state index in [1.54, 1.807) is 24.1 Å². The van der Waals surface area contributed by atoms with Crippen LogP contribution in [0.4, 0.5) is 37.1 Å². The van der Waals surface area contributed by atoms with Crippen LogP contribution >= 0.6 is 0 Å². The van der Waals surface area contributed by atoms with Crippen molar-refractivity contribution in [1.82, 2.24) is 24.6 Å². The first-order valence-corrected chi connectivity index (χ1v) is 15.2. The fraction of sp³-hybridized carbons (Fsp3) is 0.516. The Kier molecular flexibility index (Phi) is 9.68. The average Bonchev–Trinajstić information content (AvgIpc) is 3.66. The largest absolute Gasteiger partial charge is 0.481 e. The van der Waals surface area contributed by atoms with Gasteiger partial charge in [0, 0.05) is 55.9 Å². The number of amides is 1. The number of anilines is 1. The first-order chi connectivity index (χ1) is 22.1. The van der Waals surface area contributed by atoms with E-state index in [2.05, 4.69) is 15.1 Å². The number of aryl methyl sites for hydroxylation is 1. The smallest absolute Gasteiger partial charge is 0.416 e. The van der Waals surface area contributed by atoms with Crippen LogP contribution in [0.15, 0.2) is 43.0 Å². The minimum atomic E-state index is -5.02. The third-order valence-corrected chi connectivity index (χ3v) is 8.76. The number of nitrogens with zero attached hydrogens (tertiary/aromatic N) is 6. The van der Waals surface area contributed by atoms with Crippen LogP contribution in [0.5, 0.6) is 0 Å². The molecule has 1 amide bonds. The van der Waals surface area contributed by atoms with Gasteiger partial charge in [-0.05, 0) is 62.3 Å². The van der Waals surface area contributed by atoms with Gasteiger partial charge in [0.25, 0.3) is 0 Å². The third-order valence-electron chi connectivity index (χ3n) is 8.76. The van der Waals surface area contributed by atoms with Gasteiger partial charge in [-0.2, -0.15) is 31.4 Å². The van der Waals surface area contributed by atoms with E-state index in [1.807, 2.05) is 6.92 Å². The van der Waals surface area contributed by atoms with Crippen LogP contribution < -0.4 is 4.90 Å². The summed E-state index contributed by atoms with van der Waals surface area (Å²) < 4.78 is 89.5. The summed E-state index contributed by atoms with van der Waals surface area (Å²) in [6, 6.07) is 0.517. The van der Waals surface area contributed by atoms with E-state index >= 15 is 0 Å². The van der Waals surface area contributed by atoms with Gasteiger partial charge in [-0.1, -0.05) is 6.92 Å². The second-order valence-corrected chi connectivity index (χ2v) is 12.0. The molecule has 1 saturated carbocycles. The second kappa shape index (κ2) is 13.4. The van der Waals surface area contributed by atoms with E-state index in [4.69, 9.17) is 4.74 Å². The molecular weight excluding hydrogens is 634 g/mol. The van der Waals surface area contributed by atoms with Crippen molar-refractivity contribution in [1.29, 1.82) is 0 Å². The molecule has 5 rings (SSSR count). The molecule has 0 spiro atoms. The number of aliphatic carboxylic acids is 1. The van der Waals surface area contributed by atoms with Gasteiger partial charge in [0.2, 0.25) is 5.95 Å². The Hall–Kier alpha value is -4.37. The number of alkyl halides is 6. The quantitative estimate of drug-likeness (QED) is 0.269. The first-order valence-electron chi connectivity index (χ1n) is 15.2. The van der Waals surface area contributed by atoms with E-state index in [0.717, 1.165) is 0 Å². The molecule has 2 fully saturated rings. The maximum atomic E-state index is 13.7. The summed E-state index contributed by atoms with van der Waals surface area (Å²) >= 11 is 0. The highest BCUT2D eigenvalue weighted by Crippen LogP contribution is 2.38. The highest BCUT2D eigenvalue weighted by Gasteiger charge is 2.41. The van der Waals surface area contributed by atoms with Crippen molar-refractivity contribution >= 4 is 18.0 Å². The summed E-state index contributed by atoms with van der Waals surface area (Å²) in [6.45, 7) is 1.51. The molecule has 2 aromatic heterocycles. The Morgan fingerprint density at radius 1 is 0.957 bits per heavy atom. The first kappa shape index (κ1) is 34.0. The van der Waals surface area contributed by atoms with Gasteiger partial charge in [0.15, 0.2) is 0 Å². The number of hydrogen-bond acceptors (Lipinski definition) is 7. The molecule has 1 aliphatic carbocycles. The normalized spacial score (nSPS) is 21.9. The summed E-state index contributed by atoms with van der Waals surface area (Å²) in [5.41, 5.74) is -1.82. The molecule has 1 unspecified atom stereocenters. The molecule has 3 heterocycles. The average molecular weight is 669 g/mol. The highest BCUT2D eigenvalue weighted by molar-refractivity contribution is 5.70. The highest BCUT2D eigenvalue weighted by atomic mass is 19.4. The fourth-order valence-corrected chi connectivity index (χ4v) is 6.23. The molecular formula is C31H34F6N6O4. The van der Waals surface area contributed by atoms with Crippen LogP contribution in [0.1, 0.15) is 62.1 Å². The van der Waals surface area contributed by atoms with E-state index in [1.165, 1.54) is 22.2 Å². The SMILES string of the molecule is CC[C@@H]1CC(N(Cc2cc(C(F)(F)F)cc(C(F)(F)F)c2)c2ncc(-c3cnn(C)c3)cn2)CN1C(=O)OC1CCC(C(=O)O)CC1. The number of aromatic nitrogens is 4. The summed E-state index contributed by atoms with van der Waals surface area (Å²) in [5, 5.41) is 13.4. The molecule has 47 heavy (non-hydrogen) atoms. The number of benzene rings is 1. The molecule has 0 radical (unpaired) electrons. The number of carboxylic acids is 1. The number of likely N-dealkylation sites (tertiary alicyclic amines) is 1. The van der Waals surface area contributed by atoms with Crippen LogP contribution in [-0.4, -0.2) is 66.5 Å². The molecule has 10 nitrogen and oxygen atoms in total. The number of hydrogen-bond donors (Lipinski definition) is 1. The standard InChI is InChI=1S/C31H34F6N6O4/c1-3-24-11-25(17-43(24)29(46)47-26-6-4-19(5-7-26)27(44)45)42(28-38-12-20(13-39-28)21-14-40-41(2)16-21)15-18-8-22(30(32,33)34)10-23(9-18)31(35,36)37/h8-10,12-14,16,19,24-26H,3-7,11,15,17H2,1-2H3,(H,44,45)/t19?,24-,25?,26?/m1/s1. The number of carbonyl (C=O) groups excluding carboxylic acids is 1. The molecule has 2 aliphatic rings. The molecule has 1 N–H and O–H groups in total. The molecule has 254 valence electrons. The van der Waals surface area contributed by atoms with Gasteiger partial charge >= 0.3 is 24.4 Å². The lowest BCUT2D eigenvalue weighted by atomic mass is 9.87. The lowest BCUT2D eigenvalue weighted by Crippen LogP contribution is -2.42. The number of carbonyl (C=O) groups is 2. The zero-order valence-electron chi connectivity index (χ0n) is 25.6. The zero-order valence-corrected chi connectivity index (χ0v) is 25.6. The Bertz CT molecular complexity index is 1540. The van der Waals surface area contributed by atoms with Crippen molar-refractivity contribution in [3.8, 4) is 11.1 Å². The molecule has 16 heteroatoms. The Morgan fingerprint density at radius 2 is 1.57 bits per heavy atom. The van der Waals surface area contributed by atoms with Crippen molar-refractivity contribution < 1.29 is 45.8 Å². The number of carboxylic acid groups (broad SMARTS) is 1. The lowest BCUT2D eigenvalue weighted by Gasteiger charge is -2.31. The molecule has 1 aromatic carbocycles. The maximum Gasteiger partial charge on any atom is 0.416 e. The molecule has 0 bridgehead atoms. The van der Waals surface area contributed by atoms with Gasteiger partial charge in [-0.25, -0.2) is 14.8 Å². The van der Waals surface area contributed by atoms with Gasteiger partial charge in [-0.15, -0.1) is 0 Å². The third kappa shape index (κ3) is 7.96. The predicted molar refractivity (Wildman–Crippen MR) is 156 cm³/mol. The van der Waals surface area contributed by atoms with Gasteiger partial charge in [0.1, 0.15) is 6.10 Å². The zero-order chi connectivity index (χ0) is 34.1. The van der Waals surface area contributed by atoms with Gasteiger partial charge < -0.3 is 19.6 Å². The molecule has 1 saturated heterocycles. The van der Waals surface area contributed by atoms with Crippen molar-refractivity contribution in [3.05, 3.63) is 59.7 Å². The van der Waals surface area contributed by atoms with E-state index in [0.29, 0.717) is 61.8 Å². The maximum absolute atomic E-state index is 13.7. The number of rotatable bonds is 8. The van der Waals surface area contributed by atoms with Crippen molar-refractivity contribution in [2.45, 2.75) is 82.5 Å². The van der Waals surface area contributed by atoms with Crippen LogP contribution in [-0.2, 0) is 35.5 Å². The van der Waals surface area contributed by atoms with Crippen molar-refractivity contribution in [3.63, 3.8) is 0 Å².